The first-order valence-corrected chi connectivity index (χ1v) is 9.98. The van der Waals surface area contributed by atoms with Gasteiger partial charge in [0.25, 0.3) is 0 Å². The smallest absolute Gasteiger partial charge is 0.230 e. The van der Waals surface area contributed by atoms with Crippen molar-refractivity contribution < 1.29 is 9.47 Å². The first-order chi connectivity index (χ1) is 14.4. The number of para-hydroxylation sites is 2. The van der Waals surface area contributed by atoms with Gasteiger partial charge in [0.05, 0.1) is 12.2 Å². The van der Waals surface area contributed by atoms with Gasteiger partial charge in [0.2, 0.25) is 5.88 Å². The molecule has 6 heteroatoms. The lowest BCUT2D eigenvalue weighted by Gasteiger charge is -2.16. The molecule has 2 aromatic heterocycles. The van der Waals surface area contributed by atoms with Crippen LogP contribution in [0.1, 0.15) is 31.2 Å². The predicted octanol–water partition coefficient (Wildman–Crippen LogP) is 5.08. The van der Waals surface area contributed by atoms with Crippen molar-refractivity contribution in [2.24, 2.45) is 4.99 Å². The van der Waals surface area contributed by atoms with Gasteiger partial charge in [-0.15, -0.1) is 0 Å². The van der Waals surface area contributed by atoms with E-state index in [9.17, 15) is 0 Å². The number of pyridine rings is 2. The van der Waals surface area contributed by atoms with Gasteiger partial charge in [-0.2, -0.15) is 0 Å². The van der Waals surface area contributed by atoms with Crippen LogP contribution in [0.15, 0.2) is 72.0 Å². The SMILES string of the molecule is c1ccc(NC2=NCCCCCCOc3ccccc3Oc3ncccc32)nc1. The Morgan fingerprint density at radius 3 is 2.48 bits per heavy atom. The zero-order valence-electron chi connectivity index (χ0n) is 16.3. The molecule has 1 aromatic carbocycles. The Bertz CT molecular complexity index is 960. The van der Waals surface area contributed by atoms with Crippen LogP contribution in [0.2, 0.25) is 0 Å². The van der Waals surface area contributed by atoms with E-state index < -0.39 is 0 Å². The van der Waals surface area contributed by atoms with Crippen LogP contribution < -0.4 is 14.8 Å². The van der Waals surface area contributed by atoms with E-state index in [-0.39, 0.29) is 0 Å². The molecule has 0 saturated carbocycles. The van der Waals surface area contributed by atoms with Crippen molar-refractivity contribution in [1.29, 1.82) is 0 Å². The Hall–Kier alpha value is -3.41. The lowest BCUT2D eigenvalue weighted by Crippen LogP contribution is -2.17. The third kappa shape index (κ3) is 5.10. The van der Waals surface area contributed by atoms with Crippen molar-refractivity contribution in [3.8, 4) is 17.4 Å². The Kier molecular flexibility index (Phi) is 6.32. The number of hydrogen-bond donors (Lipinski definition) is 1. The highest BCUT2D eigenvalue weighted by atomic mass is 16.5. The number of fused-ring (bicyclic) bond motifs is 2. The zero-order chi connectivity index (χ0) is 19.7. The zero-order valence-corrected chi connectivity index (χ0v) is 16.3. The van der Waals surface area contributed by atoms with E-state index in [1.165, 1.54) is 0 Å². The molecule has 1 N–H and O–H groups in total. The summed E-state index contributed by atoms with van der Waals surface area (Å²) in [5.74, 6) is 3.26. The first kappa shape index (κ1) is 18.9. The molecule has 4 rings (SSSR count). The Morgan fingerprint density at radius 2 is 1.59 bits per heavy atom. The number of nitrogens with one attached hydrogen (secondary N) is 1. The molecule has 6 nitrogen and oxygen atoms in total. The van der Waals surface area contributed by atoms with E-state index in [2.05, 4.69) is 15.3 Å². The van der Waals surface area contributed by atoms with Gasteiger partial charge < -0.3 is 14.8 Å². The van der Waals surface area contributed by atoms with Crippen molar-refractivity contribution in [3.05, 3.63) is 72.6 Å². The quantitative estimate of drug-likeness (QED) is 0.629. The van der Waals surface area contributed by atoms with Crippen molar-refractivity contribution in [2.75, 3.05) is 18.5 Å². The topological polar surface area (TPSA) is 68.6 Å². The van der Waals surface area contributed by atoms with Gasteiger partial charge in [-0.3, -0.25) is 4.99 Å². The minimum absolute atomic E-state index is 0.475. The molecule has 0 spiro atoms. The maximum atomic E-state index is 6.18. The van der Waals surface area contributed by atoms with Gasteiger partial charge in [0, 0.05) is 18.9 Å². The number of hydrogen-bond acceptors (Lipinski definition) is 6. The van der Waals surface area contributed by atoms with E-state index in [0.717, 1.165) is 49.4 Å². The van der Waals surface area contributed by atoms with Crippen LogP contribution in [0, 0.1) is 0 Å². The summed E-state index contributed by atoms with van der Waals surface area (Å²) in [5, 5.41) is 3.33. The highest BCUT2D eigenvalue weighted by Gasteiger charge is 2.16. The van der Waals surface area contributed by atoms with E-state index in [0.29, 0.717) is 24.1 Å². The minimum Gasteiger partial charge on any atom is -0.490 e. The van der Waals surface area contributed by atoms with Crippen molar-refractivity contribution in [1.82, 2.24) is 9.97 Å². The molecule has 1 aliphatic rings. The molecule has 0 atom stereocenters. The maximum Gasteiger partial charge on any atom is 0.230 e. The predicted molar refractivity (Wildman–Crippen MR) is 114 cm³/mol. The number of amidine groups is 1. The molecule has 1 aliphatic heterocycles. The normalized spacial score (nSPS) is 14.8. The van der Waals surface area contributed by atoms with Crippen LogP contribution in [0.4, 0.5) is 5.82 Å². The number of benzene rings is 1. The molecule has 29 heavy (non-hydrogen) atoms. The summed E-state index contributed by atoms with van der Waals surface area (Å²) in [6, 6.07) is 17.2. The van der Waals surface area contributed by atoms with Gasteiger partial charge in [-0.1, -0.05) is 24.6 Å². The van der Waals surface area contributed by atoms with Crippen molar-refractivity contribution in [2.45, 2.75) is 25.7 Å². The molecule has 0 saturated heterocycles. The van der Waals surface area contributed by atoms with Crippen LogP contribution in [0.25, 0.3) is 0 Å². The lowest BCUT2D eigenvalue weighted by atomic mass is 10.2. The molecule has 0 aliphatic carbocycles. The summed E-state index contributed by atoms with van der Waals surface area (Å²) >= 11 is 0. The molecule has 0 radical (unpaired) electrons. The Balaban J connectivity index is 1.71. The van der Waals surface area contributed by atoms with Gasteiger partial charge >= 0.3 is 0 Å². The molecule has 0 amide bonds. The second-order valence-electron chi connectivity index (χ2n) is 6.74. The van der Waals surface area contributed by atoms with E-state index >= 15 is 0 Å². The monoisotopic (exact) mass is 388 g/mol. The number of aliphatic imine (C=N–C) groups is 1. The van der Waals surface area contributed by atoms with Crippen LogP contribution in [-0.4, -0.2) is 29.0 Å². The summed E-state index contributed by atoms with van der Waals surface area (Å²) in [7, 11) is 0. The second kappa shape index (κ2) is 9.68. The van der Waals surface area contributed by atoms with Gasteiger partial charge in [0.15, 0.2) is 11.5 Å². The number of nitrogens with zero attached hydrogens (tertiary/aromatic N) is 3. The highest BCUT2D eigenvalue weighted by Crippen LogP contribution is 2.32. The first-order valence-electron chi connectivity index (χ1n) is 9.98. The van der Waals surface area contributed by atoms with Crippen molar-refractivity contribution >= 4 is 11.7 Å². The largest absolute Gasteiger partial charge is 0.490 e. The fourth-order valence-corrected chi connectivity index (χ4v) is 3.10. The molecular weight excluding hydrogens is 364 g/mol. The fourth-order valence-electron chi connectivity index (χ4n) is 3.10. The second-order valence-corrected chi connectivity index (χ2v) is 6.74. The average Bonchev–Trinajstić information content (AvgIpc) is 2.76. The molecule has 0 bridgehead atoms. The number of ether oxygens (including phenoxy) is 2. The fraction of sp³-hybridized carbons (Fsp3) is 0.261. The highest BCUT2D eigenvalue weighted by molar-refractivity contribution is 6.09. The summed E-state index contributed by atoms with van der Waals surface area (Å²) in [4.78, 5) is 13.6. The molecular formula is C23H24N4O2. The van der Waals surface area contributed by atoms with Crippen LogP contribution in [0.5, 0.6) is 17.4 Å². The maximum absolute atomic E-state index is 6.18. The summed E-state index contributed by atoms with van der Waals surface area (Å²) < 4.78 is 12.1. The van der Waals surface area contributed by atoms with Crippen LogP contribution >= 0.6 is 0 Å². The van der Waals surface area contributed by atoms with Gasteiger partial charge in [0.1, 0.15) is 11.7 Å². The summed E-state index contributed by atoms with van der Waals surface area (Å²) in [5.41, 5.74) is 0.782. The standard InChI is InChI=1S/C23H24N4O2/c1-2-8-17-28-19-11-3-4-12-20(19)29-23-18(10-9-16-26-23)22(25-15-6-1)27-21-13-5-7-14-24-21/h3-5,7,9-14,16H,1-2,6,8,15,17H2,(H,24,25,27). The Labute approximate surface area is 170 Å². The van der Waals surface area contributed by atoms with Crippen LogP contribution in [0.3, 0.4) is 0 Å². The average molecular weight is 388 g/mol. The summed E-state index contributed by atoms with van der Waals surface area (Å²) in [6.45, 7) is 1.39. The summed E-state index contributed by atoms with van der Waals surface area (Å²) in [6.07, 6.45) is 7.71. The molecule has 0 unspecified atom stereocenters. The lowest BCUT2D eigenvalue weighted by molar-refractivity contribution is 0.290. The molecule has 148 valence electrons. The van der Waals surface area contributed by atoms with Gasteiger partial charge in [-0.05, 0) is 55.7 Å². The van der Waals surface area contributed by atoms with E-state index in [1.54, 1.807) is 12.4 Å². The van der Waals surface area contributed by atoms with Crippen LogP contribution in [-0.2, 0) is 0 Å². The van der Waals surface area contributed by atoms with Gasteiger partial charge in [-0.25, -0.2) is 9.97 Å². The third-order valence-electron chi connectivity index (χ3n) is 4.57. The van der Waals surface area contributed by atoms with E-state index in [1.807, 2.05) is 54.6 Å². The molecule has 0 fully saturated rings. The minimum atomic E-state index is 0.475. The van der Waals surface area contributed by atoms with E-state index in [4.69, 9.17) is 14.5 Å². The molecule has 3 heterocycles. The van der Waals surface area contributed by atoms with Crippen molar-refractivity contribution in [3.63, 3.8) is 0 Å². The molecule has 3 aromatic rings. The Morgan fingerprint density at radius 1 is 0.759 bits per heavy atom. The number of anilines is 1. The third-order valence-corrected chi connectivity index (χ3v) is 4.57. The number of rotatable bonds is 1. The number of aromatic nitrogens is 2.